The number of ether oxygens (including phenoxy) is 1. The number of aliphatic hydroxyl groups is 1. The third kappa shape index (κ3) is 3.65. The van der Waals surface area contributed by atoms with Crippen molar-refractivity contribution in [2.75, 3.05) is 6.61 Å². The third-order valence-corrected chi connectivity index (χ3v) is 1.87. The zero-order valence-electron chi connectivity index (χ0n) is 9.37. The van der Waals surface area contributed by atoms with Gasteiger partial charge in [0.2, 0.25) is 0 Å². The highest BCUT2D eigenvalue weighted by molar-refractivity contribution is 5.44. The molecular formula is C13H16O2. The van der Waals surface area contributed by atoms with Crippen molar-refractivity contribution in [3.63, 3.8) is 0 Å². The van der Waals surface area contributed by atoms with Crippen LogP contribution in [0.5, 0.6) is 5.75 Å². The molecule has 0 aromatic heterocycles. The summed E-state index contributed by atoms with van der Waals surface area (Å²) in [6, 6.07) is 5.77. The maximum atomic E-state index is 8.59. The molecule has 2 heteroatoms. The first-order valence-electron chi connectivity index (χ1n) is 5.00. The number of aliphatic hydroxyl groups excluding tert-OH is 1. The summed E-state index contributed by atoms with van der Waals surface area (Å²) in [7, 11) is 0. The SMILES string of the molecule is Cc1cc(OC(C)C)ccc1C#CCO. The van der Waals surface area contributed by atoms with Gasteiger partial charge in [0.1, 0.15) is 12.4 Å². The summed E-state index contributed by atoms with van der Waals surface area (Å²) in [5, 5.41) is 8.59. The van der Waals surface area contributed by atoms with Crippen molar-refractivity contribution >= 4 is 0 Å². The van der Waals surface area contributed by atoms with Crippen molar-refractivity contribution in [1.82, 2.24) is 0 Å². The van der Waals surface area contributed by atoms with Crippen LogP contribution in [0.25, 0.3) is 0 Å². The van der Waals surface area contributed by atoms with Crippen LogP contribution in [0, 0.1) is 18.8 Å². The monoisotopic (exact) mass is 204 g/mol. The summed E-state index contributed by atoms with van der Waals surface area (Å²) >= 11 is 0. The topological polar surface area (TPSA) is 29.5 Å². The van der Waals surface area contributed by atoms with Crippen molar-refractivity contribution in [3.05, 3.63) is 29.3 Å². The molecule has 0 atom stereocenters. The van der Waals surface area contributed by atoms with E-state index in [1.165, 1.54) is 0 Å². The van der Waals surface area contributed by atoms with E-state index in [-0.39, 0.29) is 12.7 Å². The molecule has 0 radical (unpaired) electrons. The summed E-state index contributed by atoms with van der Waals surface area (Å²) < 4.78 is 5.56. The fourth-order valence-electron chi connectivity index (χ4n) is 1.26. The van der Waals surface area contributed by atoms with Crippen molar-refractivity contribution < 1.29 is 9.84 Å². The van der Waals surface area contributed by atoms with Gasteiger partial charge in [0.25, 0.3) is 0 Å². The van der Waals surface area contributed by atoms with E-state index in [4.69, 9.17) is 9.84 Å². The van der Waals surface area contributed by atoms with Gasteiger partial charge in [-0.1, -0.05) is 11.8 Å². The van der Waals surface area contributed by atoms with Gasteiger partial charge in [-0.05, 0) is 44.5 Å². The molecule has 1 aromatic carbocycles. The van der Waals surface area contributed by atoms with Gasteiger partial charge in [0.05, 0.1) is 6.10 Å². The van der Waals surface area contributed by atoms with E-state index in [9.17, 15) is 0 Å². The lowest BCUT2D eigenvalue weighted by molar-refractivity contribution is 0.242. The molecule has 0 aliphatic heterocycles. The first kappa shape index (κ1) is 11.6. The van der Waals surface area contributed by atoms with Gasteiger partial charge >= 0.3 is 0 Å². The molecule has 0 saturated heterocycles. The average molecular weight is 204 g/mol. The highest BCUT2D eigenvalue weighted by Gasteiger charge is 2.00. The summed E-state index contributed by atoms with van der Waals surface area (Å²) in [6.45, 7) is 5.86. The van der Waals surface area contributed by atoms with Gasteiger partial charge in [-0.2, -0.15) is 0 Å². The molecule has 0 aliphatic carbocycles. The van der Waals surface area contributed by atoms with Crippen LogP contribution in [-0.4, -0.2) is 17.8 Å². The predicted molar refractivity (Wildman–Crippen MR) is 60.9 cm³/mol. The molecule has 0 unspecified atom stereocenters. The second-order valence-electron chi connectivity index (χ2n) is 3.60. The molecule has 80 valence electrons. The molecule has 0 fully saturated rings. The second-order valence-corrected chi connectivity index (χ2v) is 3.60. The van der Waals surface area contributed by atoms with Crippen molar-refractivity contribution in [2.45, 2.75) is 26.9 Å². The van der Waals surface area contributed by atoms with E-state index in [1.807, 2.05) is 39.0 Å². The molecule has 0 saturated carbocycles. The Morgan fingerprint density at radius 1 is 1.40 bits per heavy atom. The van der Waals surface area contributed by atoms with E-state index in [2.05, 4.69) is 11.8 Å². The van der Waals surface area contributed by atoms with Gasteiger partial charge in [-0.15, -0.1) is 0 Å². The molecule has 15 heavy (non-hydrogen) atoms. The standard InChI is InChI=1S/C13H16O2/c1-10(2)15-13-7-6-12(5-4-8-14)11(3)9-13/h6-7,9-10,14H,8H2,1-3H3. The zero-order chi connectivity index (χ0) is 11.3. The van der Waals surface area contributed by atoms with Crippen molar-refractivity contribution in [1.29, 1.82) is 0 Å². The maximum Gasteiger partial charge on any atom is 0.120 e. The van der Waals surface area contributed by atoms with Crippen LogP contribution in [0.4, 0.5) is 0 Å². The van der Waals surface area contributed by atoms with Gasteiger partial charge in [-0.25, -0.2) is 0 Å². The Morgan fingerprint density at radius 3 is 2.67 bits per heavy atom. The number of hydrogen-bond donors (Lipinski definition) is 1. The largest absolute Gasteiger partial charge is 0.491 e. The Kier molecular flexibility index (Phi) is 4.20. The normalized spacial score (nSPS) is 9.67. The number of aryl methyl sites for hydroxylation is 1. The Bertz CT molecular complexity index is 383. The Hall–Kier alpha value is -1.46. The molecule has 1 N–H and O–H groups in total. The minimum Gasteiger partial charge on any atom is -0.491 e. The van der Waals surface area contributed by atoms with Crippen LogP contribution in [0.3, 0.4) is 0 Å². The van der Waals surface area contributed by atoms with Gasteiger partial charge in [0, 0.05) is 5.56 Å². The fourth-order valence-corrected chi connectivity index (χ4v) is 1.26. The molecule has 0 spiro atoms. The summed E-state index contributed by atoms with van der Waals surface area (Å²) in [5.74, 6) is 6.38. The molecule has 0 heterocycles. The zero-order valence-corrected chi connectivity index (χ0v) is 9.37. The quantitative estimate of drug-likeness (QED) is 0.748. The van der Waals surface area contributed by atoms with Gasteiger partial charge in [0.15, 0.2) is 0 Å². The molecular weight excluding hydrogens is 188 g/mol. The van der Waals surface area contributed by atoms with Gasteiger partial charge < -0.3 is 9.84 Å². The first-order chi connectivity index (χ1) is 7.13. The van der Waals surface area contributed by atoms with Crippen LogP contribution in [0.2, 0.25) is 0 Å². The van der Waals surface area contributed by atoms with Crippen LogP contribution in [0.15, 0.2) is 18.2 Å². The maximum absolute atomic E-state index is 8.59. The van der Waals surface area contributed by atoms with Crippen LogP contribution >= 0.6 is 0 Å². The van der Waals surface area contributed by atoms with E-state index in [0.29, 0.717) is 0 Å². The highest BCUT2D eigenvalue weighted by Crippen LogP contribution is 2.17. The summed E-state index contributed by atoms with van der Waals surface area (Å²) in [4.78, 5) is 0. The number of benzene rings is 1. The molecule has 0 amide bonds. The molecule has 1 aromatic rings. The van der Waals surface area contributed by atoms with E-state index >= 15 is 0 Å². The lowest BCUT2D eigenvalue weighted by Crippen LogP contribution is -2.05. The van der Waals surface area contributed by atoms with Crippen molar-refractivity contribution in [3.8, 4) is 17.6 Å². The first-order valence-corrected chi connectivity index (χ1v) is 5.00. The van der Waals surface area contributed by atoms with E-state index in [0.717, 1.165) is 16.9 Å². The van der Waals surface area contributed by atoms with E-state index < -0.39 is 0 Å². The summed E-state index contributed by atoms with van der Waals surface area (Å²) in [5.41, 5.74) is 1.99. The average Bonchev–Trinajstić information content (AvgIpc) is 2.15. The molecule has 0 bridgehead atoms. The predicted octanol–water partition coefficient (Wildman–Crippen LogP) is 2.13. The summed E-state index contributed by atoms with van der Waals surface area (Å²) in [6.07, 6.45) is 0.179. The Morgan fingerprint density at radius 2 is 2.13 bits per heavy atom. The minimum atomic E-state index is -0.107. The van der Waals surface area contributed by atoms with Gasteiger partial charge in [-0.3, -0.25) is 0 Å². The van der Waals surface area contributed by atoms with Crippen LogP contribution in [-0.2, 0) is 0 Å². The number of hydrogen-bond acceptors (Lipinski definition) is 2. The van der Waals surface area contributed by atoms with E-state index in [1.54, 1.807) is 0 Å². The lowest BCUT2D eigenvalue weighted by Gasteiger charge is -2.10. The molecule has 0 aliphatic rings. The van der Waals surface area contributed by atoms with Crippen LogP contribution in [0.1, 0.15) is 25.0 Å². The minimum absolute atomic E-state index is 0.107. The fraction of sp³-hybridized carbons (Fsp3) is 0.385. The highest BCUT2D eigenvalue weighted by atomic mass is 16.5. The number of rotatable bonds is 2. The van der Waals surface area contributed by atoms with Crippen LogP contribution < -0.4 is 4.74 Å². The molecule has 2 nitrogen and oxygen atoms in total. The molecule has 1 rings (SSSR count). The Balaban J connectivity index is 2.88. The lowest BCUT2D eigenvalue weighted by atomic mass is 10.1. The van der Waals surface area contributed by atoms with Crippen molar-refractivity contribution in [2.24, 2.45) is 0 Å². The Labute approximate surface area is 90.9 Å². The third-order valence-electron chi connectivity index (χ3n) is 1.87. The smallest absolute Gasteiger partial charge is 0.120 e. The second kappa shape index (κ2) is 5.43.